The van der Waals surface area contributed by atoms with E-state index in [1.54, 1.807) is 12.1 Å². The Hall–Kier alpha value is -2.30. The molecule has 1 aromatic rings. The summed E-state index contributed by atoms with van der Waals surface area (Å²) in [7, 11) is 2.02. The van der Waals surface area contributed by atoms with E-state index in [1.165, 1.54) is 31.3 Å². The van der Waals surface area contributed by atoms with Gasteiger partial charge in [-0.3, -0.25) is 9.59 Å². The SMILES string of the molecule is CN1c2cc(C(=O)NCCC3=CCCCC3)ccc2C(=O)N2CCCC21. The number of rotatable bonds is 4. The van der Waals surface area contributed by atoms with E-state index in [-0.39, 0.29) is 18.0 Å². The summed E-state index contributed by atoms with van der Waals surface area (Å²) < 4.78 is 0. The number of carbonyl (C=O) groups is 2. The molecule has 0 spiro atoms. The third kappa shape index (κ3) is 3.11. The first-order chi connectivity index (χ1) is 12.6. The van der Waals surface area contributed by atoms with Crippen molar-refractivity contribution in [3.63, 3.8) is 0 Å². The fourth-order valence-electron chi connectivity index (χ4n) is 4.42. The van der Waals surface area contributed by atoms with Crippen molar-refractivity contribution < 1.29 is 9.59 Å². The Morgan fingerprint density at radius 3 is 2.96 bits per heavy atom. The van der Waals surface area contributed by atoms with Crippen molar-refractivity contribution in [2.45, 2.75) is 51.1 Å². The third-order valence-corrected chi connectivity index (χ3v) is 5.92. The van der Waals surface area contributed by atoms with Gasteiger partial charge in [0.05, 0.1) is 11.3 Å². The van der Waals surface area contributed by atoms with Crippen LogP contribution in [0.2, 0.25) is 0 Å². The molecule has 0 radical (unpaired) electrons. The maximum atomic E-state index is 12.7. The molecule has 2 amide bonds. The number of carbonyl (C=O) groups excluding carboxylic acids is 2. The summed E-state index contributed by atoms with van der Waals surface area (Å²) in [6, 6.07) is 5.45. The van der Waals surface area contributed by atoms with Gasteiger partial charge < -0.3 is 15.1 Å². The molecule has 3 aliphatic rings. The van der Waals surface area contributed by atoms with Crippen LogP contribution in [0.25, 0.3) is 0 Å². The molecule has 1 saturated heterocycles. The van der Waals surface area contributed by atoms with E-state index in [0.717, 1.165) is 31.5 Å². The number of hydrogen-bond donors (Lipinski definition) is 1. The van der Waals surface area contributed by atoms with Gasteiger partial charge in [-0.25, -0.2) is 0 Å². The molecule has 0 bridgehead atoms. The predicted molar refractivity (Wildman–Crippen MR) is 102 cm³/mol. The van der Waals surface area contributed by atoms with Crippen LogP contribution in [-0.2, 0) is 0 Å². The summed E-state index contributed by atoms with van der Waals surface area (Å²) in [5, 5.41) is 3.03. The van der Waals surface area contributed by atoms with Crippen LogP contribution in [0.15, 0.2) is 29.8 Å². The van der Waals surface area contributed by atoms with Crippen LogP contribution in [0, 0.1) is 0 Å². The fourth-order valence-corrected chi connectivity index (χ4v) is 4.42. The highest BCUT2D eigenvalue weighted by molar-refractivity contribution is 6.04. The molecular formula is C21H27N3O2. The number of anilines is 1. The van der Waals surface area contributed by atoms with E-state index in [9.17, 15) is 9.59 Å². The zero-order valence-electron chi connectivity index (χ0n) is 15.5. The molecule has 2 aliphatic heterocycles. The number of fused-ring (bicyclic) bond motifs is 2. The zero-order chi connectivity index (χ0) is 18.1. The van der Waals surface area contributed by atoms with Crippen molar-refractivity contribution in [3.8, 4) is 0 Å². The van der Waals surface area contributed by atoms with Crippen molar-refractivity contribution in [3.05, 3.63) is 41.0 Å². The van der Waals surface area contributed by atoms with Crippen molar-refractivity contribution in [2.24, 2.45) is 0 Å². The smallest absolute Gasteiger partial charge is 0.257 e. The summed E-state index contributed by atoms with van der Waals surface area (Å²) in [4.78, 5) is 29.3. The topological polar surface area (TPSA) is 52.7 Å². The summed E-state index contributed by atoms with van der Waals surface area (Å²) >= 11 is 0. The lowest BCUT2D eigenvalue weighted by Gasteiger charge is -2.40. The van der Waals surface area contributed by atoms with Crippen LogP contribution in [0.4, 0.5) is 5.69 Å². The van der Waals surface area contributed by atoms with Gasteiger partial charge in [0.15, 0.2) is 0 Å². The van der Waals surface area contributed by atoms with Crippen LogP contribution in [0.5, 0.6) is 0 Å². The number of amides is 2. The standard InChI is InChI=1S/C21H27N3O2/c1-23-18-14-16(20(25)22-12-11-15-6-3-2-4-7-15)9-10-17(18)21(26)24-13-5-8-19(23)24/h6,9-10,14,19H,2-5,7-8,11-13H2,1H3,(H,22,25). The molecule has 26 heavy (non-hydrogen) atoms. The molecule has 1 aromatic carbocycles. The first-order valence-electron chi connectivity index (χ1n) is 9.79. The second kappa shape index (κ2) is 7.14. The predicted octanol–water partition coefficient (Wildman–Crippen LogP) is 3.32. The highest BCUT2D eigenvalue weighted by atomic mass is 16.2. The average Bonchev–Trinajstić information content (AvgIpc) is 3.17. The monoisotopic (exact) mass is 353 g/mol. The molecule has 1 fully saturated rings. The lowest BCUT2D eigenvalue weighted by atomic mass is 9.97. The van der Waals surface area contributed by atoms with Crippen LogP contribution < -0.4 is 10.2 Å². The van der Waals surface area contributed by atoms with Gasteiger partial charge in [0.1, 0.15) is 6.17 Å². The molecule has 1 aliphatic carbocycles. The van der Waals surface area contributed by atoms with Crippen molar-refractivity contribution >= 4 is 17.5 Å². The number of hydrogen-bond acceptors (Lipinski definition) is 3. The first kappa shape index (κ1) is 17.1. The molecule has 0 aromatic heterocycles. The molecule has 4 rings (SSSR count). The quantitative estimate of drug-likeness (QED) is 0.845. The van der Waals surface area contributed by atoms with E-state index in [0.29, 0.717) is 17.7 Å². The summed E-state index contributed by atoms with van der Waals surface area (Å²) in [6.07, 6.45) is 10.3. The van der Waals surface area contributed by atoms with E-state index >= 15 is 0 Å². The average molecular weight is 353 g/mol. The van der Waals surface area contributed by atoms with Crippen molar-refractivity contribution in [1.82, 2.24) is 10.2 Å². The molecular weight excluding hydrogens is 326 g/mol. The molecule has 1 unspecified atom stereocenters. The maximum Gasteiger partial charge on any atom is 0.257 e. The maximum absolute atomic E-state index is 12.7. The Balaban J connectivity index is 1.45. The summed E-state index contributed by atoms with van der Waals surface area (Å²) in [5.41, 5.74) is 3.68. The molecule has 5 heteroatoms. The van der Waals surface area contributed by atoms with Crippen LogP contribution in [0.3, 0.4) is 0 Å². The van der Waals surface area contributed by atoms with Gasteiger partial charge in [-0.2, -0.15) is 0 Å². The third-order valence-electron chi connectivity index (χ3n) is 5.92. The largest absolute Gasteiger partial charge is 0.354 e. The Kier molecular flexibility index (Phi) is 4.70. The summed E-state index contributed by atoms with van der Waals surface area (Å²) in [6.45, 7) is 1.50. The van der Waals surface area contributed by atoms with Gasteiger partial charge >= 0.3 is 0 Å². The van der Waals surface area contributed by atoms with Gasteiger partial charge in [-0.15, -0.1) is 0 Å². The minimum absolute atomic E-state index is 0.0566. The number of benzene rings is 1. The van der Waals surface area contributed by atoms with Gasteiger partial charge in [-0.1, -0.05) is 11.6 Å². The van der Waals surface area contributed by atoms with E-state index in [1.807, 2.05) is 18.0 Å². The van der Waals surface area contributed by atoms with E-state index in [4.69, 9.17) is 0 Å². The lowest BCUT2D eigenvalue weighted by Crippen LogP contribution is -2.50. The normalized spacial score (nSPS) is 22.0. The Labute approximate surface area is 155 Å². The van der Waals surface area contributed by atoms with Crippen molar-refractivity contribution in [2.75, 3.05) is 25.0 Å². The van der Waals surface area contributed by atoms with Crippen molar-refractivity contribution in [1.29, 1.82) is 0 Å². The zero-order valence-corrected chi connectivity index (χ0v) is 15.5. The first-order valence-corrected chi connectivity index (χ1v) is 9.79. The van der Waals surface area contributed by atoms with Gasteiger partial charge in [-0.05, 0) is 63.1 Å². The molecule has 0 saturated carbocycles. The molecule has 5 nitrogen and oxygen atoms in total. The minimum atomic E-state index is -0.0566. The highest BCUT2D eigenvalue weighted by Gasteiger charge is 2.38. The Bertz CT molecular complexity index is 756. The second-order valence-electron chi connectivity index (χ2n) is 7.58. The second-order valence-corrected chi connectivity index (χ2v) is 7.58. The van der Waals surface area contributed by atoms with E-state index < -0.39 is 0 Å². The van der Waals surface area contributed by atoms with Crippen LogP contribution in [-0.4, -0.2) is 43.0 Å². The van der Waals surface area contributed by atoms with Gasteiger partial charge in [0.25, 0.3) is 11.8 Å². The van der Waals surface area contributed by atoms with Crippen LogP contribution in [0.1, 0.15) is 65.7 Å². The molecule has 1 atom stereocenters. The lowest BCUT2D eigenvalue weighted by molar-refractivity contribution is 0.0719. The highest BCUT2D eigenvalue weighted by Crippen LogP contribution is 2.35. The van der Waals surface area contributed by atoms with Crippen LogP contribution >= 0.6 is 0 Å². The Morgan fingerprint density at radius 1 is 1.27 bits per heavy atom. The number of nitrogens with one attached hydrogen (secondary N) is 1. The number of allylic oxidation sites excluding steroid dienone is 1. The number of nitrogens with zero attached hydrogens (tertiary/aromatic N) is 2. The molecule has 138 valence electrons. The fraction of sp³-hybridized carbons (Fsp3) is 0.524. The van der Waals surface area contributed by atoms with Gasteiger partial charge in [0, 0.05) is 25.7 Å². The molecule has 2 heterocycles. The summed E-state index contributed by atoms with van der Waals surface area (Å²) in [5.74, 6) is 0.0377. The minimum Gasteiger partial charge on any atom is -0.354 e. The van der Waals surface area contributed by atoms with Gasteiger partial charge in [0.2, 0.25) is 0 Å². The van der Waals surface area contributed by atoms with E-state index in [2.05, 4.69) is 16.3 Å². The molecule has 1 N–H and O–H groups in total. The Morgan fingerprint density at radius 2 is 2.15 bits per heavy atom.